The number of carbonyl (C=O) groups excluding carboxylic acids is 1. The maximum atomic E-state index is 15.3. The highest BCUT2D eigenvalue weighted by atomic mass is 35.5. The predicted octanol–water partition coefficient (Wildman–Crippen LogP) is 1.56. The van der Waals surface area contributed by atoms with Gasteiger partial charge in [-0.1, -0.05) is 11.6 Å². The van der Waals surface area contributed by atoms with Crippen molar-refractivity contribution in [3.05, 3.63) is 51.3 Å². The lowest BCUT2D eigenvalue weighted by Crippen LogP contribution is -2.42. The number of H-pyrrole nitrogens is 1. The fraction of sp³-hybridized carbons (Fsp3) is 0.500. The van der Waals surface area contributed by atoms with Crippen molar-refractivity contribution in [2.75, 3.05) is 13.4 Å². The molecular weight excluding hydrogens is 568 g/mol. The molecule has 214 valence electrons. The molecule has 0 saturated carbocycles. The number of aromatic nitrogens is 2. The highest BCUT2D eigenvalue weighted by molar-refractivity contribution is 7.52. The molecule has 39 heavy (non-hydrogen) atoms. The average molecular weight is 594 g/mol. The quantitative estimate of drug-likeness (QED) is 0.206. The van der Waals surface area contributed by atoms with Gasteiger partial charge in [-0.05, 0) is 32.9 Å². The lowest BCUT2D eigenvalue weighted by atomic mass is 10.1. The van der Waals surface area contributed by atoms with Crippen molar-refractivity contribution in [3.8, 4) is 17.2 Å². The number of hydrogen-bond acceptors (Lipinski definition) is 11. The summed E-state index contributed by atoms with van der Waals surface area (Å²) in [7, 11) is -4.47. The number of benzene rings is 1. The Hall–Kier alpha value is -2.94. The number of aromatic amines is 1. The smallest absolute Gasteiger partial charge is 0.459 e. The first-order valence-corrected chi connectivity index (χ1v) is 13.6. The third-order valence-corrected chi connectivity index (χ3v) is 7.57. The SMILES string of the molecule is CC(C)OC(=O)[C@H](C)NP(=O)(OC[C@H]1OC(n2ccc(=O)[nH]c2=O)[C@@](F)(Cl)[C@@H]1O)Oc1ccc2c(c1)OCO2. The van der Waals surface area contributed by atoms with Gasteiger partial charge in [0.05, 0.1) is 12.7 Å². The number of fused-ring (bicyclic) bond motifs is 1. The number of halogens is 2. The maximum absolute atomic E-state index is 15.3. The molecule has 6 atom stereocenters. The van der Waals surface area contributed by atoms with Crippen molar-refractivity contribution >= 4 is 25.3 Å². The van der Waals surface area contributed by atoms with E-state index >= 15 is 4.39 Å². The summed E-state index contributed by atoms with van der Waals surface area (Å²) in [5, 5.41) is 9.90. The van der Waals surface area contributed by atoms with E-state index in [9.17, 15) is 24.1 Å². The fourth-order valence-electron chi connectivity index (χ4n) is 3.68. The highest BCUT2D eigenvalue weighted by Crippen LogP contribution is 2.49. The molecule has 1 aromatic carbocycles. The molecule has 0 spiro atoms. The molecule has 0 aliphatic carbocycles. The number of aliphatic hydroxyl groups is 1. The van der Waals surface area contributed by atoms with Gasteiger partial charge in [0.2, 0.25) is 6.79 Å². The molecule has 1 saturated heterocycles. The van der Waals surface area contributed by atoms with Crippen LogP contribution in [0.3, 0.4) is 0 Å². The molecule has 0 radical (unpaired) electrons. The van der Waals surface area contributed by atoms with E-state index in [0.29, 0.717) is 16.1 Å². The first kappa shape index (κ1) is 29.1. The lowest BCUT2D eigenvalue weighted by molar-refractivity contribution is -0.149. The average Bonchev–Trinajstić information content (AvgIpc) is 3.39. The molecule has 1 aromatic heterocycles. The van der Waals surface area contributed by atoms with Gasteiger partial charge in [-0.3, -0.25) is 23.7 Å². The second-order valence-corrected chi connectivity index (χ2v) is 11.2. The van der Waals surface area contributed by atoms with Crippen LogP contribution in [0.1, 0.15) is 27.0 Å². The van der Waals surface area contributed by atoms with Gasteiger partial charge in [0, 0.05) is 18.3 Å². The molecule has 2 aliphatic heterocycles. The first-order chi connectivity index (χ1) is 18.3. The van der Waals surface area contributed by atoms with Gasteiger partial charge in [0.25, 0.3) is 10.7 Å². The summed E-state index contributed by atoms with van der Waals surface area (Å²) in [4.78, 5) is 37.8. The Morgan fingerprint density at radius 3 is 2.72 bits per heavy atom. The van der Waals surface area contributed by atoms with Crippen molar-refractivity contribution in [3.63, 3.8) is 0 Å². The van der Waals surface area contributed by atoms with Crippen LogP contribution in [0.25, 0.3) is 0 Å². The minimum Gasteiger partial charge on any atom is -0.462 e. The molecule has 0 bridgehead atoms. The molecule has 2 aliphatic rings. The fourth-order valence-corrected chi connectivity index (χ4v) is 5.47. The van der Waals surface area contributed by atoms with Gasteiger partial charge >= 0.3 is 19.4 Å². The number of aliphatic hydroxyl groups excluding tert-OH is 1. The lowest BCUT2D eigenvalue weighted by Gasteiger charge is -2.25. The second-order valence-electron chi connectivity index (χ2n) is 8.90. The van der Waals surface area contributed by atoms with Crippen molar-refractivity contribution in [2.24, 2.45) is 0 Å². The molecule has 0 amide bonds. The molecule has 3 N–H and O–H groups in total. The summed E-state index contributed by atoms with van der Waals surface area (Å²) >= 11 is 5.88. The van der Waals surface area contributed by atoms with E-state index < -0.39 is 67.3 Å². The Morgan fingerprint density at radius 1 is 1.31 bits per heavy atom. The Labute approximate surface area is 225 Å². The summed E-state index contributed by atoms with van der Waals surface area (Å²) < 4.78 is 61.8. The Kier molecular flexibility index (Phi) is 8.40. The van der Waals surface area contributed by atoms with Crippen LogP contribution in [-0.4, -0.2) is 63.5 Å². The van der Waals surface area contributed by atoms with Crippen LogP contribution >= 0.6 is 19.3 Å². The number of carbonyl (C=O) groups is 1. The molecule has 2 aromatic rings. The van der Waals surface area contributed by atoms with E-state index in [4.69, 9.17) is 39.6 Å². The Balaban J connectivity index is 1.54. The van der Waals surface area contributed by atoms with Gasteiger partial charge < -0.3 is 28.6 Å². The summed E-state index contributed by atoms with van der Waals surface area (Å²) in [6.45, 7) is 3.82. The summed E-state index contributed by atoms with van der Waals surface area (Å²) in [6, 6.07) is 4.03. The second kappa shape index (κ2) is 11.3. The molecule has 4 rings (SSSR count). The number of esters is 1. The van der Waals surface area contributed by atoms with E-state index in [1.807, 2.05) is 4.98 Å². The minimum absolute atomic E-state index is 0.00208. The van der Waals surface area contributed by atoms with Crippen LogP contribution in [-0.2, 0) is 23.4 Å². The predicted molar refractivity (Wildman–Crippen MR) is 132 cm³/mol. The number of nitrogens with one attached hydrogen (secondary N) is 2. The number of ether oxygens (including phenoxy) is 4. The molecule has 14 nitrogen and oxygen atoms in total. The van der Waals surface area contributed by atoms with Crippen molar-refractivity contribution in [1.82, 2.24) is 14.6 Å². The summed E-state index contributed by atoms with van der Waals surface area (Å²) in [6.07, 6.45) is -5.05. The number of rotatable bonds is 10. The van der Waals surface area contributed by atoms with Gasteiger partial charge in [-0.2, -0.15) is 5.09 Å². The number of nitrogens with zero attached hydrogens (tertiary/aromatic N) is 1. The highest BCUT2D eigenvalue weighted by Gasteiger charge is 2.58. The van der Waals surface area contributed by atoms with E-state index in [2.05, 4.69) is 5.09 Å². The molecule has 17 heteroatoms. The van der Waals surface area contributed by atoms with Crippen LogP contribution < -0.4 is 30.3 Å². The number of hydrogen-bond donors (Lipinski definition) is 3. The Morgan fingerprint density at radius 2 is 2.03 bits per heavy atom. The van der Waals surface area contributed by atoms with E-state index in [0.717, 1.165) is 12.3 Å². The van der Waals surface area contributed by atoms with Gasteiger partial charge in [0.15, 0.2) is 17.7 Å². The molecular formula is C22H26ClFN3O11P. The standard InChI is InChI=1S/C22H26ClFN3O11P/c1-11(2)36-19(30)12(3)26-39(32,38-13-4-5-14-15(8-13)34-10-33-14)35-9-16-18(29)22(23,24)20(37-16)27-7-6-17(28)25-21(27)31/h4-8,11-12,16,18,20,29H,9-10H2,1-3H3,(H,26,32)(H,25,28,31)/t12-,16+,18+,20?,22+,39?/m0/s1. The largest absolute Gasteiger partial charge is 0.462 e. The van der Waals surface area contributed by atoms with Crippen LogP contribution in [0.15, 0.2) is 40.1 Å². The van der Waals surface area contributed by atoms with Crippen molar-refractivity contribution < 1.29 is 46.9 Å². The third kappa shape index (κ3) is 6.45. The maximum Gasteiger partial charge on any atom is 0.459 e. The zero-order valence-corrected chi connectivity index (χ0v) is 22.5. The normalized spacial score (nSPS) is 26.3. The number of alkyl halides is 2. The van der Waals surface area contributed by atoms with Gasteiger partial charge in [0.1, 0.15) is 24.0 Å². The van der Waals surface area contributed by atoms with Crippen LogP contribution in [0.5, 0.6) is 17.2 Å². The summed E-state index contributed by atoms with van der Waals surface area (Å²) in [5.74, 6) is -0.0321. The van der Waals surface area contributed by atoms with Crippen LogP contribution in [0, 0.1) is 0 Å². The van der Waals surface area contributed by atoms with Gasteiger partial charge in [-0.25, -0.2) is 13.8 Å². The topological polar surface area (TPSA) is 177 Å². The molecule has 2 unspecified atom stereocenters. The van der Waals surface area contributed by atoms with E-state index in [1.165, 1.54) is 25.1 Å². The summed E-state index contributed by atoms with van der Waals surface area (Å²) in [5.41, 5.74) is -1.79. The van der Waals surface area contributed by atoms with Crippen LogP contribution in [0.2, 0.25) is 0 Å². The monoisotopic (exact) mass is 593 g/mol. The zero-order valence-electron chi connectivity index (χ0n) is 20.9. The van der Waals surface area contributed by atoms with E-state index in [1.54, 1.807) is 13.8 Å². The van der Waals surface area contributed by atoms with Crippen molar-refractivity contribution in [1.29, 1.82) is 0 Å². The van der Waals surface area contributed by atoms with Gasteiger partial charge in [-0.15, -0.1) is 0 Å². The molecule has 1 fully saturated rings. The third-order valence-electron chi connectivity index (χ3n) is 5.52. The molecule has 3 heterocycles. The van der Waals surface area contributed by atoms with Crippen LogP contribution in [0.4, 0.5) is 4.39 Å². The Bertz CT molecular complexity index is 1380. The first-order valence-electron chi connectivity index (χ1n) is 11.6. The van der Waals surface area contributed by atoms with E-state index in [-0.39, 0.29) is 12.5 Å². The van der Waals surface area contributed by atoms with Crippen molar-refractivity contribution in [2.45, 2.75) is 56.5 Å². The zero-order chi connectivity index (χ0) is 28.5. The minimum atomic E-state index is -4.47.